The second kappa shape index (κ2) is 20.2. The molecular formula is C18H36NOTi-. The standard InChI is InChI=1S/C18H37NO.Ti/c1-2-3-4-5-6-7-8-9-10-11-12-13-14-15-16-17-18(19)20;/h2-17H2,1H3,(H2,19,20);/p-1. The number of carbonyl (C=O) groups excluding carboxylic acids is 1. The molecule has 0 unspecified atom stereocenters. The van der Waals surface area contributed by atoms with E-state index in [4.69, 9.17) is 5.73 Å². The van der Waals surface area contributed by atoms with Crippen molar-refractivity contribution < 1.29 is 26.5 Å². The van der Waals surface area contributed by atoms with Crippen LogP contribution in [0.15, 0.2) is 0 Å². The van der Waals surface area contributed by atoms with E-state index < -0.39 is 5.91 Å². The molecule has 0 rings (SSSR count). The van der Waals surface area contributed by atoms with Crippen LogP contribution in [-0.2, 0) is 26.5 Å². The normalized spacial score (nSPS) is 10.3. The molecular weight excluding hydrogens is 294 g/mol. The van der Waals surface area contributed by atoms with E-state index in [9.17, 15) is 4.79 Å². The van der Waals surface area contributed by atoms with E-state index >= 15 is 0 Å². The Labute approximate surface area is 147 Å². The van der Waals surface area contributed by atoms with E-state index in [0.29, 0.717) is 6.42 Å². The number of hydrogen-bond acceptors (Lipinski definition) is 1. The van der Waals surface area contributed by atoms with Crippen molar-refractivity contribution in [1.29, 1.82) is 0 Å². The van der Waals surface area contributed by atoms with Crippen LogP contribution in [0.2, 0.25) is 0 Å². The summed E-state index contributed by atoms with van der Waals surface area (Å²) in [5.74, 6) is -0.403. The topological polar surface area (TPSA) is 40.9 Å². The Hall–Kier alpha value is 0.184. The first-order chi connectivity index (χ1) is 9.77. The molecule has 0 aromatic heterocycles. The zero-order chi connectivity index (χ0) is 14.9. The molecule has 0 aromatic carbocycles. The van der Waals surface area contributed by atoms with Crippen LogP contribution < -0.4 is 0 Å². The van der Waals surface area contributed by atoms with Gasteiger partial charge < -0.3 is 10.5 Å². The Bertz CT molecular complexity index is 209. The molecule has 2 nitrogen and oxygen atoms in total. The van der Waals surface area contributed by atoms with Gasteiger partial charge >= 0.3 is 0 Å². The number of amides is 1. The van der Waals surface area contributed by atoms with Gasteiger partial charge in [-0.3, -0.25) is 0 Å². The molecule has 0 aromatic rings. The number of unbranched alkanes of at least 4 members (excludes halogenated alkanes) is 14. The first-order valence-corrected chi connectivity index (χ1v) is 9.01. The minimum atomic E-state index is -0.403. The van der Waals surface area contributed by atoms with Crippen LogP contribution in [-0.4, -0.2) is 5.91 Å². The molecule has 1 amide bonds. The van der Waals surface area contributed by atoms with Crippen molar-refractivity contribution in [2.24, 2.45) is 0 Å². The van der Waals surface area contributed by atoms with Gasteiger partial charge in [-0.25, -0.2) is 0 Å². The molecule has 0 heterocycles. The van der Waals surface area contributed by atoms with E-state index in [2.05, 4.69) is 6.92 Å². The van der Waals surface area contributed by atoms with Gasteiger partial charge in [-0.05, 0) is 12.8 Å². The summed E-state index contributed by atoms with van der Waals surface area (Å²) in [6, 6.07) is 0. The van der Waals surface area contributed by atoms with Crippen molar-refractivity contribution in [1.82, 2.24) is 0 Å². The van der Waals surface area contributed by atoms with Crippen LogP contribution in [0.3, 0.4) is 0 Å². The SMILES string of the molecule is CCCCCCCCCCCCCCCCCC([NH-])=O.[Ti]. The van der Waals surface area contributed by atoms with Crippen molar-refractivity contribution in [3.8, 4) is 0 Å². The number of carbonyl (C=O) groups is 1. The molecule has 0 aliphatic heterocycles. The molecule has 0 bridgehead atoms. The minimum Gasteiger partial charge on any atom is -0.668 e. The van der Waals surface area contributed by atoms with Gasteiger partial charge in [0.1, 0.15) is 0 Å². The van der Waals surface area contributed by atoms with Crippen LogP contribution in [0, 0.1) is 0 Å². The molecule has 0 aliphatic rings. The second-order valence-electron chi connectivity index (χ2n) is 6.12. The van der Waals surface area contributed by atoms with Gasteiger partial charge in [0.05, 0.1) is 0 Å². The zero-order valence-corrected chi connectivity index (χ0v) is 15.8. The largest absolute Gasteiger partial charge is 0.668 e. The minimum absolute atomic E-state index is 0. The summed E-state index contributed by atoms with van der Waals surface area (Å²) in [5, 5.41) is 0. The Kier molecular flexibility index (Phi) is 22.5. The fourth-order valence-electron chi connectivity index (χ4n) is 2.66. The third kappa shape index (κ3) is 22.6. The quantitative estimate of drug-likeness (QED) is 0.226. The summed E-state index contributed by atoms with van der Waals surface area (Å²) in [6.07, 6.45) is 20.5. The smallest absolute Gasteiger partial charge is 0.0487 e. The molecule has 0 saturated carbocycles. The van der Waals surface area contributed by atoms with Gasteiger partial charge in [-0.15, -0.1) is 0 Å². The Morgan fingerprint density at radius 2 is 0.905 bits per heavy atom. The Morgan fingerprint density at radius 1 is 0.619 bits per heavy atom. The third-order valence-electron chi connectivity index (χ3n) is 4.01. The van der Waals surface area contributed by atoms with Crippen molar-refractivity contribution >= 4 is 5.91 Å². The van der Waals surface area contributed by atoms with Gasteiger partial charge in [0.25, 0.3) is 0 Å². The van der Waals surface area contributed by atoms with E-state index in [1.807, 2.05) is 0 Å². The van der Waals surface area contributed by atoms with Crippen LogP contribution >= 0.6 is 0 Å². The monoisotopic (exact) mass is 330 g/mol. The van der Waals surface area contributed by atoms with Crippen molar-refractivity contribution in [2.45, 2.75) is 110 Å². The predicted octanol–water partition coefficient (Wildman–Crippen LogP) is 6.82. The summed E-state index contributed by atoms with van der Waals surface area (Å²) in [4.78, 5) is 10.4. The fraction of sp³-hybridized carbons (Fsp3) is 0.944. The van der Waals surface area contributed by atoms with Crippen LogP contribution in [0.4, 0.5) is 0 Å². The zero-order valence-electron chi connectivity index (χ0n) is 14.2. The van der Waals surface area contributed by atoms with Gasteiger partial charge in [-0.2, -0.15) is 0 Å². The van der Waals surface area contributed by atoms with Gasteiger partial charge in [0.2, 0.25) is 0 Å². The van der Waals surface area contributed by atoms with Gasteiger partial charge in [-0.1, -0.05) is 96.8 Å². The summed E-state index contributed by atoms with van der Waals surface area (Å²) >= 11 is 0. The van der Waals surface area contributed by atoms with Crippen molar-refractivity contribution in [2.75, 3.05) is 0 Å². The van der Waals surface area contributed by atoms with E-state index in [-0.39, 0.29) is 21.7 Å². The predicted molar refractivity (Wildman–Crippen MR) is 88.9 cm³/mol. The first-order valence-electron chi connectivity index (χ1n) is 9.01. The van der Waals surface area contributed by atoms with Gasteiger partial charge in [0, 0.05) is 27.6 Å². The number of rotatable bonds is 16. The maximum absolute atomic E-state index is 10.4. The maximum atomic E-state index is 10.4. The average Bonchev–Trinajstić information content (AvgIpc) is 2.43. The van der Waals surface area contributed by atoms with Crippen molar-refractivity contribution in [3.05, 3.63) is 5.73 Å². The average molecular weight is 330 g/mol. The molecule has 0 fully saturated rings. The molecule has 1 N–H and O–H groups in total. The molecule has 0 saturated heterocycles. The second-order valence-corrected chi connectivity index (χ2v) is 6.12. The number of hydrogen-bond donors (Lipinski definition) is 0. The number of nitrogens with one attached hydrogen (secondary N) is 1. The third-order valence-corrected chi connectivity index (χ3v) is 4.01. The molecule has 21 heavy (non-hydrogen) atoms. The maximum Gasteiger partial charge on any atom is 0.0487 e. The Morgan fingerprint density at radius 3 is 1.19 bits per heavy atom. The van der Waals surface area contributed by atoms with E-state index in [1.54, 1.807) is 0 Å². The summed E-state index contributed by atoms with van der Waals surface area (Å²) in [7, 11) is 0. The molecule has 0 aliphatic carbocycles. The van der Waals surface area contributed by atoms with Gasteiger partial charge in [0.15, 0.2) is 0 Å². The molecule has 124 valence electrons. The van der Waals surface area contributed by atoms with E-state index in [1.165, 1.54) is 83.5 Å². The fourth-order valence-corrected chi connectivity index (χ4v) is 2.66. The molecule has 0 atom stereocenters. The summed E-state index contributed by atoms with van der Waals surface area (Å²) in [5.41, 5.74) is 6.81. The Balaban J connectivity index is 0. The van der Waals surface area contributed by atoms with Crippen molar-refractivity contribution in [3.63, 3.8) is 0 Å². The molecule has 0 radical (unpaired) electrons. The summed E-state index contributed by atoms with van der Waals surface area (Å²) in [6.45, 7) is 2.27. The molecule has 3 heteroatoms. The van der Waals surface area contributed by atoms with Crippen LogP contribution in [0.5, 0.6) is 0 Å². The summed E-state index contributed by atoms with van der Waals surface area (Å²) < 4.78 is 0. The van der Waals surface area contributed by atoms with E-state index in [0.717, 1.165) is 12.8 Å². The van der Waals surface area contributed by atoms with Crippen LogP contribution in [0.1, 0.15) is 110 Å². The first kappa shape index (κ1) is 23.5. The molecule has 0 spiro atoms. The van der Waals surface area contributed by atoms with Crippen LogP contribution in [0.25, 0.3) is 5.73 Å².